The van der Waals surface area contributed by atoms with E-state index in [0.717, 1.165) is 25.7 Å². The molecule has 2 N–H and O–H groups in total. The van der Waals surface area contributed by atoms with E-state index in [4.69, 9.17) is 9.68 Å². The first kappa shape index (κ1) is 31.1. The number of nitrogens with one attached hydrogen (secondary N) is 2. The number of imide groups is 2. The number of hydrogen-bond donors (Lipinski definition) is 2. The number of benzene rings is 1. The molecule has 0 aromatic heterocycles. The van der Waals surface area contributed by atoms with E-state index >= 15 is 0 Å². The smallest absolute Gasteiger partial charge is 0.328 e. The third-order valence-corrected chi connectivity index (χ3v) is 10.8. The molecule has 1 aromatic rings. The van der Waals surface area contributed by atoms with Crippen molar-refractivity contribution in [3.8, 4) is 0 Å². The van der Waals surface area contributed by atoms with E-state index < -0.39 is 77.4 Å². The number of hydrogen-bond acceptors (Lipinski definition) is 9. The number of nitrogens with zero attached hydrogens (tertiary/aromatic N) is 2. The molecule has 5 fully saturated rings. The number of fused-ring (bicyclic) bond motifs is 10. The zero-order chi connectivity index (χ0) is 33.1. The van der Waals surface area contributed by atoms with Gasteiger partial charge in [0.05, 0.1) is 23.7 Å². The van der Waals surface area contributed by atoms with Crippen LogP contribution < -0.4 is 10.6 Å². The highest BCUT2D eigenvalue weighted by atomic mass is 16.7. The topological polar surface area (TPSA) is 168 Å². The van der Waals surface area contributed by atoms with Gasteiger partial charge in [0.2, 0.25) is 0 Å². The van der Waals surface area contributed by atoms with E-state index in [2.05, 4.69) is 10.6 Å². The predicted molar refractivity (Wildman–Crippen MR) is 160 cm³/mol. The van der Waals surface area contributed by atoms with Crippen molar-refractivity contribution in [3.05, 3.63) is 48.0 Å². The number of hydroxylamine groups is 4. The molecule has 10 atom stereocenters. The van der Waals surface area contributed by atoms with Gasteiger partial charge in [-0.15, -0.1) is 10.1 Å². The van der Waals surface area contributed by atoms with Gasteiger partial charge in [-0.1, -0.05) is 56.3 Å². The summed E-state index contributed by atoms with van der Waals surface area (Å²) in [7, 11) is 0. The van der Waals surface area contributed by atoms with E-state index in [1.807, 2.05) is 26.0 Å². The van der Waals surface area contributed by atoms with Gasteiger partial charge >= 0.3 is 18.0 Å². The van der Waals surface area contributed by atoms with Gasteiger partial charge < -0.3 is 20.3 Å². The lowest BCUT2D eigenvalue weighted by Crippen LogP contribution is -2.54. The van der Waals surface area contributed by atoms with E-state index in [1.165, 1.54) is 0 Å². The van der Waals surface area contributed by atoms with Crippen LogP contribution in [0, 0.1) is 53.3 Å². The summed E-state index contributed by atoms with van der Waals surface area (Å²) in [6.45, 7) is 3.65. The summed E-state index contributed by atoms with van der Waals surface area (Å²) < 4.78 is 0. The van der Waals surface area contributed by atoms with Crippen molar-refractivity contribution in [2.24, 2.45) is 53.3 Å². The Bertz CT molecular complexity index is 1500. The molecule has 1 aromatic carbocycles. The number of allylic oxidation sites excluding steroid dienone is 2. The Hall–Kier alpha value is -4.55. The molecule has 47 heavy (non-hydrogen) atoms. The molecule has 6 amide bonds. The third-order valence-electron chi connectivity index (χ3n) is 10.8. The zero-order valence-corrected chi connectivity index (χ0v) is 26.2. The van der Waals surface area contributed by atoms with Gasteiger partial charge in [0.25, 0.3) is 23.6 Å². The van der Waals surface area contributed by atoms with E-state index in [0.29, 0.717) is 15.7 Å². The minimum atomic E-state index is -1.35. The molecule has 2 heterocycles. The zero-order valence-electron chi connectivity index (χ0n) is 26.2. The van der Waals surface area contributed by atoms with Crippen molar-refractivity contribution >= 4 is 41.6 Å². The number of amides is 6. The van der Waals surface area contributed by atoms with Crippen molar-refractivity contribution in [2.75, 3.05) is 0 Å². The van der Waals surface area contributed by atoms with Gasteiger partial charge in [0, 0.05) is 6.42 Å². The first-order valence-corrected chi connectivity index (χ1v) is 16.5. The summed E-state index contributed by atoms with van der Waals surface area (Å²) in [6, 6.07) is 5.25. The Balaban J connectivity index is 1.03. The summed E-state index contributed by atoms with van der Waals surface area (Å²) in [5.74, 6) is -6.30. The predicted octanol–water partition coefficient (Wildman–Crippen LogP) is 2.07. The largest absolute Gasteiger partial charge is 0.355 e. The van der Waals surface area contributed by atoms with Crippen molar-refractivity contribution < 1.29 is 43.2 Å². The monoisotopic (exact) mass is 646 g/mol. The highest BCUT2D eigenvalue weighted by molar-refractivity contribution is 6.07. The van der Waals surface area contributed by atoms with Crippen LogP contribution in [0.1, 0.15) is 51.5 Å². The van der Waals surface area contributed by atoms with Crippen LogP contribution in [0.2, 0.25) is 0 Å². The molecule has 4 bridgehead atoms. The SMILES string of the molecule is CC(C)C[C@H](NC(=O)N[C@H](Cc1ccccc1)C(=O)ON1C(=O)C2C3C=CC(C3)C2C1=O)C(=O)ON1C(=O)C2C3CCC(C3)C2C1=O. The highest BCUT2D eigenvalue weighted by Gasteiger charge is 2.63. The van der Waals surface area contributed by atoms with Crippen molar-refractivity contribution in [3.63, 3.8) is 0 Å². The summed E-state index contributed by atoms with van der Waals surface area (Å²) in [4.78, 5) is 103. The number of rotatable bonds is 10. The first-order valence-electron chi connectivity index (χ1n) is 16.5. The summed E-state index contributed by atoms with van der Waals surface area (Å²) in [6.07, 6.45) is 7.22. The van der Waals surface area contributed by atoms with Gasteiger partial charge in [-0.2, -0.15) is 0 Å². The Kier molecular flexibility index (Phi) is 7.88. The van der Waals surface area contributed by atoms with Gasteiger partial charge in [-0.3, -0.25) is 19.2 Å². The lowest BCUT2D eigenvalue weighted by molar-refractivity contribution is -0.201. The molecule has 6 aliphatic rings. The van der Waals surface area contributed by atoms with E-state index in [9.17, 15) is 33.6 Å². The van der Waals surface area contributed by atoms with Gasteiger partial charge in [0.1, 0.15) is 12.1 Å². The molecule has 3 saturated carbocycles. The van der Waals surface area contributed by atoms with Gasteiger partial charge in [-0.05, 0) is 67.3 Å². The molecule has 2 saturated heterocycles. The minimum absolute atomic E-state index is 0.0375. The lowest BCUT2D eigenvalue weighted by atomic mass is 9.81. The maximum Gasteiger partial charge on any atom is 0.355 e. The molecular formula is C34H38N4O9. The van der Waals surface area contributed by atoms with Crippen LogP contribution in [0.4, 0.5) is 4.79 Å². The van der Waals surface area contributed by atoms with Crippen LogP contribution in [0.3, 0.4) is 0 Å². The van der Waals surface area contributed by atoms with E-state index in [1.54, 1.807) is 30.3 Å². The minimum Gasteiger partial charge on any atom is -0.328 e. The maximum atomic E-state index is 13.5. The molecule has 0 radical (unpaired) electrons. The molecule has 7 rings (SSSR count). The van der Waals surface area contributed by atoms with Crippen LogP contribution in [0.15, 0.2) is 42.5 Å². The van der Waals surface area contributed by atoms with E-state index in [-0.39, 0.29) is 42.4 Å². The molecule has 4 aliphatic carbocycles. The van der Waals surface area contributed by atoms with Crippen molar-refractivity contribution in [2.45, 2.75) is 64.5 Å². The quantitative estimate of drug-likeness (QED) is 0.286. The van der Waals surface area contributed by atoms with Crippen LogP contribution in [-0.2, 0) is 44.9 Å². The Labute approximate surface area is 271 Å². The Morgan fingerprint density at radius 1 is 0.723 bits per heavy atom. The molecule has 8 unspecified atom stereocenters. The normalized spacial score (nSPS) is 32.6. The fourth-order valence-corrected chi connectivity index (χ4v) is 8.83. The average molecular weight is 647 g/mol. The first-order chi connectivity index (χ1) is 22.5. The number of carbonyl (C=O) groups is 7. The molecule has 13 nitrogen and oxygen atoms in total. The second-order valence-electron chi connectivity index (χ2n) is 14.2. The highest BCUT2D eigenvalue weighted by Crippen LogP contribution is 2.56. The van der Waals surface area contributed by atoms with Crippen LogP contribution >= 0.6 is 0 Å². The summed E-state index contributed by atoms with van der Waals surface area (Å²) in [5.41, 5.74) is 0.664. The van der Waals surface area contributed by atoms with Crippen molar-refractivity contribution in [1.82, 2.24) is 20.8 Å². The second-order valence-corrected chi connectivity index (χ2v) is 14.2. The Morgan fingerprint density at radius 2 is 1.21 bits per heavy atom. The molecule has 13 heteroatoms. The molecular weight excluding hydrogens is 608 g/mol. The van der Waals surface area contributed by atoms with Crippen LogP contribution in [0.25, 0.3) is 0 Å². The Morgan fingerprint density at radius 3 is 1.74 bits per heavy atom. The molecule has 248 valence electrons. The van der Waals surface area contributed by atoms with Crippen molar-refractivity contribution in [1.29, 1.82) is 0 Å². The number of urea groups is 1. The maximum absolute atomic E-state index is 13.5. The second kappa shape index (κ2) is 11.9. The average Bonchev–Trinajstić information content (AvgIpc) is 3.89. The molecule has 0 spiro atoms. The van der Waals surface area contributed by atoms with Crippen LogP contribution in [0.5, 0.6) is 0 Å². The summed E-state index contributed by atoms with van der Waals surface area (Å²) >= 11 is 0. The molecule has 2 aliphatic heterocycles. The fourth-order valence-electron chi connectivity index (χ4n) is 8.83. The number of carbonyl (C=O) groups excluding carboxylic acids is 7. The van der Waals surface area contributed by atoms with Gasteiger partial charge in [0.15, 0.2) is 0 Å². The summed E-state index contributed by atoms with van der Waals surface area (Å²) in [5, 5.41) is 6.17. The van der Waals surface area contributed by atoms with Crippen LogP contribution in [-0.4, -0.2) is 63.8 Å². The standard InChI is InChI=1S/C34H38N4O9/c1-16(2)12-22(32(43)46-37-28(39)24-18-8-9-19(14-18)25(24)29(37)40)35-34(45)36-23(13-17-6-4-3-5-7-17)33(44)47-38-30(41)26-20-10-11-21(15-20)27(26)31(38)42/h3-7,10-11,16,18-27H,8-9,12-15H2,1-2H3,(H2,35,36,45)/t18?,19?,20?,21?,22-,23+,24?,25?,26?,27?/m0/s1. The van der Waals surface area contributed by atoms with Gasteiger partial charge in [-0.25, -0.2) is 14.4 Å². The lowest BCUT2D eigenvalue weighted by Gasteiger charge is -2.24. The fraction of sp³-hybridized carbons (Fsp3) is 0.559. The third kappa shape index (κ3) is 5.39.